The first-order valence-electron chi connectivity index (χ1n) is 23.3. The van der Waals surface area contributed by atoms with Gasteiger partial charge in [-0.2, -0.15) is 5.10 Å². The number of carbonyl (C=O) groups excluding carboxylic acids is 5. The van der Waals surface area contributed by atoms with Crippen LogP contribution in [0.15, 0.2) is 91.3 Å². The molecule has 0 saturated carbocycles. The first-order valence-corrected chi connectivity index (χ1v) is 23.3. The van der Waals surface area contributed by atoms with Crippen LogP contribution >= 0.6 is 12.4 Å². The molecule has 2 aromatic heterocycles. The van der Waals surface area contributed by atoms with Crippen LogP contribution in [0.25, 0.3) is 11.4 Å². The van der Waals surface area contributed by atoms with E-state index < -0.39 is 17.5 Å². The molecule has 364 valence electrons. The van der Waals surface area contributed by atoms with Crippen molar-refractivity contribution in [2.45, 2.75) is 82.5 Å². The minimum Gasteiger partial charge on any atom is -0.494 e. The number of aromatic amines is 1. The second-order valence-corrected chi connectivity index (χ2v) is 17.3. The smallest absolute Gasteiger partial charge is 0.255 e. The van der Waals surface area contributed by atoms with Crippen LogP contribution in [0, 0.1) is 0 Å². The van der Waals surface area contributed by atoms with Gasteiger partial charge in [0.2, 0.25) is 17.7 Å². The monoisotopic (exact) mass is 962 g/mol. The van der Waals surface area contributed by atoms with Crippen molar-refractivity contribution in [1.82, 2.24) is 41.0 Å². The van der Waals surface area contributed by atoms with Gasteiger partial charge >= 0.3 is 0 Å². The molecule has 8 rings (SSSR count). The van der Waals surface area contributed by atoms with Crippen LogP contribution in [-0.2, 0) is 35.9 Å². The minimum atomic E-state index is -0.731. The molecule has 5 aromatic rings. The molecule has 0 bridgehead atoms. The first kappa shape index (κ1) is 50.2. The maximum absolute atomic E-state index is 13.6. The number of H-pyrrole nitrogens is 1. The summed E-state index contributed by atoms with van der Waals surface area (Å²) in [5.41, 5.74) is 4.24. The standard InChI is InChI=1S/C50H58N10O8.ClH/c1-33(53-46(63)36-10-5-11-37(29-36)57-50(19-23-52-24-20-50)49-56-45(58-59-49)34-17-21-51-22-18-34)35-9-6-12-38(30-35)68-28-4-2-3-25-66-26-8-27-67-32-44(62)54-41-14-7-13-39-40(41)31-60(48(39)65)42-15-16-43(61)55-47(42)64;/h5-7,9-14,17-18,21-22,29-30,33,42,52,57H,2-4,8,15-16,19-20,23-28,31-32H2,1H3,(H,53,63)(H,54,62)(H,55,61,64)(H,56,58,59);1H/t33-,42?;/m1./s1. The van der Waals surface area contributed by atoms with Crippen LogP contribution < -0.4 is 31.3 Å². The predicted molar refractivity (Wildman–Crippen MR) is 260 cm³/mol. The fraction of sp³-hybridized carbons (Fsp3) is 0.400. The maximum Gasteiger partial charge on any atom is 0.255 e. The Morgan fingerprint density at radius 1 is 0.884 bits per heavy atom. The summed E-state index contributed by atoms with van der Waals surface area (Å²) in [6, 6.07) is 23.2. The zero-order valence-corrected chi connectivity index (χ0v) is 39.4. The van der Waals surface area contributed by atoms with Gasteiger partial charge in [-0.3, -0.25) is 39.4 Å². The number of nitrogens with zero attached hydrogens (tertiary/aromatic N) is 4. The Kier molecular flexibility index (Phi) is 17.5. The van der Waals surface area contributed by atoms with Gasteiger partial charge in [-0.05, 0) is 125 Å². The van der Waals surface area contributed by atoms with E-state index in [1.54, 1.807) is 30.6 Å². The van der Waals surface area contributed by atoms with Crippen molar-refractivity contribution < 1.29 is 38.2 Å². The molecule has 0 spiro atoms. The van der Waals surface area contributed by atoms with Gasteiger partial charge in [-0.15, -0.1) is 12.4 Å². The van der Waals surface area contributed by atoms with Crippen LogP contribution in [0.5, 0.6) is 5.75 Å². The zero-order valence-electron chi connectivity index (χ0n) is 38.6. The summed E-state index contributed by atoms with van der Waals surface area (Å²) in [6.45, 7) is 5.60. The lowest BCUT2D eigenvalue weighted by Crippen LogP contribution is -2.52. The van der Waals surface area contributed by atoms with Gasteiger partial charge in [0.25, 0.3) is 11.8 Å². The number of rotatable bonds is 22. The molecule has 69 heavy (non-hydrogen) atoms. The van der Waals surface area contributed by atoms with E-state index in [9.17, 15) is 24.0 Å². The van der Waals surface area contributed by atoms with Crippen molar-refractivity contribution in [2.75, 3.05) is 56.8 Å². The summed E-state index contributed by atoms with van der Waals surface area (Å²) in [6.07, 6.45) is 8.74. The molecule has 3 aromatic carbocycles. The highest BCUT2D eigenvalue weighted by molar-refractivity contribution is 6.07. The first-order chi connectivity index (χ1) is 33.2. The van der Waals surface area contributed by atoms with E-state index in [4.69, 9.17) is 19.2 Å². The minimum absolute atomic E-state index is 0. The molecule has 2 saturated heterocycles. The van der Waals surface area contributed by atoms with E-state index in [1.807, 2.05) is 67.6 Å². The predicted octanol–water partition coefficient (Wildman–Crippen LogP) is 5.84. The summed E-state index contributed by atoms with van der Waals surface area (Å²) in [5.74, 6) is 0.441. The third-order valence-corrected chi connectivity index (χ3v) is 12.4. The molecule has 5 amide bonds. The largest absolute Gasteiger partial charge is 0.494 e. The number of unbranched alkanes of at least 4 members (excludes halogenated alkanes) is 2. The number of amides is 5. The van der Waals surface area contributed by atoms with Gasteiger partial charge in [-0.1, -0.05) is 24.3 Å². The van der Waals surface area contributed by atoms with Gasteiger partial charge < -0.3 is 40.4 Å². The molecule has 3 aliphatic heterocycles. The molecule has 2 atom stereocenters. The Hall–Kier alpha value is -6.73. The van der Waals surface area contributed by atoms with Gasteiger partial charge in [0.15, 0.2) is 11.6 Å². The zero-order chi connectivity index (χ0) is 47.3. The lowest BCUT2D eigenvalue weighted by atomic mass is 9.87. The Balaban J connectivity index is 0.00000703. The van der Waals surface area contributed by atoms with Gasteiger partial charge in [0.05, 0.1) is 18.2 Å². The molecule has 0 radical (unpaired) electrons. The number of imide groups is 1. The van der Waals surface area contributed by atoms with Crippen LogP contribution in [0.3, 0.4) is 0 Å². The van der Waals surface area contributed by atoms with Crippen molar-refractivity contribution in [3.8, 4) is 17.1 Å². The highest BCUT2D eigenvalue weighted by Crippen LogP contribution is 2.35. The number of carbonyl (C=O) groups is 5. The summed E-state index contributed by atoms with van der Waals surface area (Å²) in [7, 11) is 0. The SMILES string of the molecule is C[C@@H](NC(=O)c1cccc(NC2(c3nc(-c4ccncc4)n[nH]3)CCNCC2)c1)c1cccc(OCCCCCOCCCOCC(=O)Nc2cccc3c2CN(C2CCC(=O)NC2=O)C3=O)c1.Cl. The van der Waals surface area contributed by atoms with E-state index in [1.165, 1.54) is 4.90 Å². The molecule has 19 heteroatoms. The lowest BCUT2D eigenvalue weighted by molar-refractivity contribution is -0.137. The summed E-state index contributed by atoms with van der Waals surface area (Å²) < 4.78 is 17.4. The Bertz CT molecular complexity index is 2570. The van der Waals surface area contributed by atoms with Crippen molar-refractivity contribution in [1.29, 1.82) is 0 Å². The normalized spacial score (nSPS) is 16.7. The lowest BCUT2D eigenvalue weighted by Gasteiger charge is -2.37. The number of aromatic nitrogens is 4. The Morgan fingerprint density at radius 2 is 1.65 bits per heavy atom. The number of fused-ring (bicyclic) bond motifs is 1. The fourth-order valence-corrected chi connectivity index (χ4v) is 8.72. The molecule has 0 aliphatic carbocycles. The van der Waals surface area contributed by atoms with Crippen LogP contribution in [0.1, 0.15) is 102 Å². The number of hydrogen-bond donors (Lipinski definition) is 6. The van der Waals surface area contributed by atoms with E-state index in [-0.39, 0.29) is 68.1 Å². The summed E-state index contributed by atoms with van der Waals surface area (Å²) in [5, 5.41) is 23.1. The summed E-state index contributed by atoms with van der Waals surface area (Å²) in [4.78, 5) is 73.7. The topological polar surface area (TPSA) is 231 Å². The highest BCUT2D eigenvalue weighted by atomic mass is 35.5. The van der Waals surface area contributed by atoms with Crippen LogP contribution in [0.4, 0.5) is 11.4 Å². The number of nitrogens with one attached hydrogen (secondary N) is 6. The third-order valence-electron chi connectivity index (χ3n) is 12.4. The quantitative estimate of drug-likeness (QED) is 0.0354. The molecule has 3 aliphatic rings. The number of halogens is 1. The van der Waals surface area contributed by atoms with Crippen molar-refractivity contribution >= 4 is 53.3 Å². The maximum atomic E-state index is 13.6. The van der Waals surface area contributed by atoms with Crippen molar-refractivity contribution in [2.24, 2.45) is 0 Å². The highest BCUT2D eigenvalue weighted by Gasteiger charge is 2.40. The average molecular weight is 964 g/mol. The van der Waals surface area contributed by atoms with Crippen LogP contribution in [-0.4, -0.2) is 107 Å². The van der Waals surface area contributed by atoms with Gasteiger partial charge in [-0.25, -0.2) is 4.98 Å². The molecular formula is C50H59ClN10O8. The molecule has 5 heterocycles. The number of pyridine rings is 1. The third kappa shape index (κ3) is 12.9. The molecule has 1 unspecified atom stereocenters. The second kappa shape index (κ2) is 24.0. The Morgan fingerprint density at radius 3 is 2.48 bits per heavy atom. The second-order valence-electron chi connectivity index (χ2n) is 17.3. The molecule has 18 nitrogen and oxygen atoms in total. The number of hydrogen-bond acceptors (Lipinski definition) is 13. The van der Waals surface area contributed by atoms with Gasteiger partial charge in [0.1, 0.15) is 18.4 Å². The van der Waals surface area contributed by atoms with E-state index in [2.05, 4.69) is 41.8 Å². The average Bonchev–Trinajstić information content (AvgIpc) is 3.99. The van der Waals surface area contributed by atoms with E-state index in [0.29, 0.717) is 61.1 Å². The van der Waals surface area contributed by atoms with E-state index in [0.717, 1.165) is 73.6 Å². The van der Waals surface area contributed by atoms with E-state index >= 15 is 0 Å². The number of benzene rings is 3. The fourth-order valence-electron chi connectivity index (χ4n) is 8.72. The number of ether oxygens (including phenoxy) is 3. The number of piperidine rings is 2. The molecule has 6 N–H and O–H groups in total. The van der Waals surface area contributed by atoms with Crippen molar-refractivity contribution in [3.63, 3.8) is 0 Å². The van der Waals surface area contributed by atoms with Gasteiger partial charge in [0, 0.05) is 78.8 Å². The molecule has 2 fully saturated rings. The van der Waals surface area contributed by atoms with Crippen molar-refractivity contribution in [3.05, 3.63) is 119 Å². The Labute approximate surface area is 406 Å². The number of anilines is 2. The summed E-state index contributed by atoms with van der Waals surface area (Å²) >= 11 is 0. The van der Waals surface area contributed by atoms with Crippen LogP contribution in [0.2, 0.25) is 0 Å². The molecular weight excluding hydrogens is 904 g/mol.